The highest BCUT2D eigenvalue weighted by Gasteiger charge is 2.15. The fourth-order valence-electron chi connectivity index (χ4n) is 1.81. The molecule has 0 saturated carbocycles. The number of hydrogen-bond donors (Lipinski definition) is 0. The summed E-state index contributed by atoms with van der Waals surface area (Å²) >= 11 is 3.31. The highest BCUT2D eigenvalue weighted by molar-refractivity contribution is 9.10. The Hall–Kier alpha value is -1.94. The summed E-state index contributed by atoms with van der Waals surface area (Å²) in [5.41, 5.74) is 1.03. The van der Waals surface area contributed by atoms with Crippen molar-refractivity contribution in [1.29, 1.82) is 0 Å². The molecule has 0 atom stereocenters. The van der Waals surface area contributed by atoms with Gasteiger partial charge in [-0.15, -0.1) is 0 Å². The molecule has 4 heteroatoms. The van der Waals surface area contributed by atoms with Gasteiger partial charge in [-0.3, -0.25) is 9.59 Å². The van der Waals surface area contributed by atoms with E-state index in [0.29, 0.717) is 21.3 Å². The van der Waals surface area contributed by atoms with E-state index in [0.717, 1.165) is 0 Å². The summed E-state index contributed by atoms with van der Waals surface area (Å²) in [6.07, 6.45) is -0.144. The third-order valence-corrected chi connectivity index (χ3v) is 3.60. The number of carbonyl (C=O) groups is 2. The number of ether oxygens (including phenoxy) is 1. The van der Waals surface area contributed by atoms with Crippen LogP contribution in [0.15, 0.2) is 53.0 Å². The van der Waals surface area contributed by atoms with Crippen LogP contribution in [-0.4, -0.2) is 18.7 Å². The van der Waals surface area contributed by atoms with E-state index in [9.17, 15) is 9.59 Å². The van der Waals surface area contributed by atoms with Gasteiger partial charge in [0.05, 0.1) is 13.5 Å². The lowest BCUT2D eigenvalue weighted by Gasteiger charge is -2.04. The van der Waals surface area contributed by atoms with Crippen LogP contribution in [0.1, 0.15) is 27.1 Å². The van der Waals surface area contributed by atoms with E-state index in [-0.39, 0.29) is 18.0 Å². The Morgan fingerprint density at radius 3 is 2.25 bits per heavy atom. The molecule has 0 bridgehead atoms. The maximum atomic E-state index is 12.1. The smallest absolute Gasteiger partial charge is 0.171 e. The number of hydrogen-bond acceptors (Lipinski definition) is 3. The molecule has 0 spiro atoms. The van der Waals surface area contributed by atoms with E-state index in [4.69, 9.17) is 4.74 Å². The molecule has 3 nitrogen and oxygen atoms in total. The van der Waals surface area contributed by atoms with Gasteiger partial charge in [0.2, 0.25) is 0 Å². The van der Waals surface area contributed by atoms with E-state index in [1.54, 1.807) is 49.6 Å². The summed E-state index contributed by atoms with van der Waals surface area (Å²) in [5.74, 6) is 0.283. The molecule has 2 aromatic carbocycles. The fourth-order valence-corrected chi connectivity index (χ4v) is 2.31. The minimum absolute atomic E-state index is 0.144. The monoisotopic (exact) mass is 332 g/mol. The number of benzene rings is 2. The first kappa shape index (κ1) is 14.5. The zero-order chi connectivity index (χ0) is 14.5. The molecule has 2 rings (SSSR count). The maximum Gasteiger partial charge on any atom is 0.171 e. The lowest BCUT2D eigenvalue weighted by atomic mass is 10.0. The van der Waals surface area contributed by atoms with Gasteiger partial charge in [-0.25, -0.2) is 0 Å². The molecule has 0 aliphatic carbocycles. The Morgan fingerprint density at radius 1 is 1.00 bits per heavy atom. The first-order chi connectivity index (χ1) is 9.61. The third-order valence-electron chi connectivity index (χ3n) is 2.91. The number of carbonyl (C=O) groups excluding carboxylic acids is 2. The molecular weight excluding hydrogens is 320 g/mol. The Morgan fingerprint density at radius 2 is 1.65 bits per heavy atom. The average molecular weight is 333 g/mol. The first-order valence-corrected chi connectivity index (χ1v) is 6.86. The fraction of sp³-hybridized carbons (Fsp3) is 0.125. The molecule has 0 saturated heterocycles. The highest BCUT2D eigenvalue weighted by atomic mass is 79.9. The standard InChI is InChI=1S/C16H13BrO3/c1-20-12-8-6-11(7-9-12)15(18)10-16(19)13-4-2-3-5-14(13)17/h2-9H,10H2,1H3. The Labute approximate surface area is 125 Å². The van der Waals surface area contributed by atoms with Gasteiger partial charge in [0, 0.05) is 15.6 Å². The first-order valence-electron chi connectivity index (χ1n) is 6.07. The van der Waals surface area contributed by atoms with Crippen molar-refractivity contribution in [3.05, 3.63) is 64.1 Å². The van der Waals surface area contributed by atoms with Gasteiger partial charge in [0.25, 0.3) is 0 Å². The van der Waals surface area contributed by atoms with Crippen LogP contribution in [0, 0.1) is 0 Å². The second-order valence-corrected chi connectivity index (χ2v) is 5.09. The van der Waals surface area contributed by atoms with Crippen molar-refractivity contribution < 1.29 is 14.3 Å². The van der Waals surface area contributed by atoms with E-state index in [1.807, 2.05) is 6.07 Å². The summed E-state index contributed by atoms with van der Waals surface area (Å²) < 4.78 is 5.73. The van der Waals surface area contributed by atoms with Crippen molar-refractivity contribution in [2.75, 3.05) is 7.11 Å². The van der Waals surface area contributed by atoms with E-state index in [2.05, 4.69) is 15.9 Å². The highest BCUT2D eigenvalue weighted by Crippen LogP contribution is 2.19. The van der Waals surface area contributed by atoms with Crippen molar-refractivity contribution >= 4 is 27.5 Å². The van der Waals surface area contributed by atoms with Gasteiger partial charge in [-0.1, -0.05) is 34.1 Å². The number of methoxy groups -OCH3 is 1. The molecular formula is C16H13BrO3. The minimum Gasteiger partial charge on any atom is -0.497 e. The molecule has 20 heavy (non-hydrogen) atoms. The third kappa shape index (κ3) is 3.33. The summed E-state index contributed by atoms with van der Waals surface area (Å²) in [7, 11) is 1.56. The molecule has 0 N–H and O–H groups in total. The van der Waals surface area contributed by atoms with Crippen LogP contribution in [0.4, 0.5) is 0 Å². The van der Waals surface area contributed by atoms with Crippen molar-refractivity contribution in [1.82, 2.24) is 0 Å². The number of rotatable bonds is 5. The van der Waals surface area contributed by atoms with Crippen LogP contribution in [-0.2, 0) is 0 Å². The predicted octanol–water partition coefficient (Wildman–Crippen LogP) is 3.91. The summed E-state index contributed by atoms with van der Waals surface area (Å²) in [5, 5.41) is 0. The van der Waals surface area contributed by atoms with Gasteiger partial charge >= 0.3 is 0 Å². The summed E-state index contributed by atoms with van der Waals surface area (Å²) in [4.78, 5) is 24.2. The molecule has 0 aliphatic heterocycles. The molecule has 0 aromatic heterocycles. The molecule has 0 amide bonds. The van der Waals surface area contributed by atoms with Crippen LogP contribution in [0.2, 0.25) is 0 Å². The molecule has 102 valence electrons. The molecule has 0 radical (unpaired) electrons. The normalized spacial score (nSPS) is 10.1. The SMILES string of the molecule is COc1ccc(C(=O)CC(=O)c2ccccc2Br)cc1. The molecule has 2 aromatic rings. The topological polar surface area (TPSA) is 43.4 Å². The van der Waals surface area contributed by atoms with Crippen LogP contribution in [0.5, 0.6) is 5.75 Å². The molecule has 0 aliphatic rings. The van der Waals surface area contributed by atoms with Crippen LogP contribution in [0.25, 0.3) is 0 Å². The summed E-state index contributed by atoms with van der Waals surface area (Å²) in [6.45, 7) is 0. The summed E-state index contributed by atoms with van der Waals surface area (Å²) in [6, 6.07) is 13.8. The Balaban J connectivity index is 2.11. The van der Waals surface area contributed by atoms with Crippen molar-refractivity contribution in [3.8, 4) is 5.75 Å². The lowest BCUT2D eigenvalue weighted by molar-refractivity contribution is 0.0894. The van der Waals surface area contributed by atoms with Crippen molar-refractivity contribution in [2.45, 2.75) is 6.42 Å². The molecule has 0 fully saturated rings. The van der Waals surface area contributed by atoms with Gasteiger partial charge in [0.1, 0.15) is 5.75 Å². The van der Waals surface area contributed by atoms with Gasteiger partial charge in [-0.2, -0.15) is 0 Å². The van der Waals surface area contributed by atoms with Crippen LogP contribution < -0.4 is 4.74 Å². The predicted molar refractivity (Wildman–Crippen MR) is 80.4 cm³/mol. The largest absolute Gasteiger partial charge is 0.497 e. The zero-order valence-corrected chi connectivity index (χ0v) is 12.5. The Kier molecular flexibility index (Phi) is 4.69. The number of Topliss-reactive ketones (excluding diaryl/α,β-unsaturated/α-hetero) is 2. The van der Waals surface area contributed by atoms with Gasteiger partial charge in [-0.05, 0) is 30.3 Å². The van der Waals surface area contributed by atoms with Gasteiger partial charge < -0.3 is 4.74 Å². The van der Waals surface area contributed by atoms with Crippen molar-refractivity contribution in [3.63, 3.8) is 0 Å². The molecule has 0 unspecified atom stereocenters. The van der Waals surface area contributed by atoms with E-state index < -0.39 is 0 Å². The molecule has 0 heterocycles. The second kappa shape index (κ2) is 6.48. The van der Waals surface area contributed by atoms with Crippen LogP contribution >= 0.6 is 15.9 Å². The quantitative estimate of drug-likeness (QED) is 0.615. The Bertz CT molecular complexity index is 632. The number of ketones is 2. The van der Waals surface area contributed by atoms with Crippen molar-refractivity contribution in [2.24, 2.45) is 0 Å². The average Bonchev–Trinajstić information content (AvgIpc) is 2.47. The van der Waals surface area contributed by atoms with Gasteiger partial charge in [0.15, 0.2) is 11.6 Å². The zero-order valence-electron chi connectivity index (χ0n) is 10.9. The van der Waals surface area contributed by atoms with E-state index in [1.165, 1.54) is 0 Å². The van der Waals surface area contributed by atoms with Crippen LogP contribution in [0.3, 0.4) is 0 Å². The van der Waals surface area contributed by atoms with E-state index >= 15 is 0 Å². The number of halogens is 1. The maximum absolute atomic E-state index is 12.1. The second-order valence-electron chi connectivity index (χ2n) is 4.23. The lowest BCUT2D eigenvalue weighted by Crippen LogP contribution is -2.09. The minimum atomic E-state index is -0.201.